The highest BCUT2D eigenvalue weighted by atomic mass is 16.5. The fraction of sp³-hybridized carbons (Fsp3) is 0.923. The summed E-state index contributed by atoms with van der Waals surface area (Å²) in [5.74, 6) is -0.766. The summed E-state index contributed by atoms with van der Waals surface area (Å²) in [5, 5.41) is 12.2. The molecule has 98 valence electrons. The number of rotatable bonds is 5. The average molecular weight is 241 g/mol. The molecule has 3 unspecified atom stereocenters. The van der Waals surface area contributed by atoms with E-state index in [0.717, 1.165) is 13.0 Å². The van der Waals surface area contributed by atoms with E-state index in [4.69, 9.17) is 9.84 Å². The number of aliphatic carboxylic acids is 1. The zero-order valence-electron chi connectivity index (χ0n) is 10.7. The van der Waals surface area contributed by atoms with Gasteiger partial charge in [-0.25, -0.2) is 0 Å². The fourth-order valence-electron chi connectivity index (χ4n) is 3.49. The van der Waals surface area contributed by atoms with Gasteiger partial charge >= 0.3 is 5.97 Å². The van der Waals surface area contributed by atoms with Crippen molar-refractivity contribution in [2.75, 3.05) is 6.61 Å². The first-order valence-corrected chi connectivity index (χ1v) is 6.70. The number of carbonyl (C=O) groups is 1. The molecular formula is C13H23NO3. The standard InChI is InChI=1S/C13H23NO3/c1-3-17-11-8-10(14-9(2)12(15)16)13(11)6-4-5-7-13/h9-11,14H,3-8H2,1-2H3,(H,15,16). The number of carboxylic acid groups (broad SMARTS) is 1. The van der Waals surface area contributed by atoms with Crippen LogP contribution >= 0.6 is 0 Å². The minimum absolute atomic E-state index is 0.222. The van der Waals surface area contributed by atoms with Crippen LogP contribution in [0.1, 0.15) is 46.0 Å². The van der Waals surface area contributed by atoms with Gasteiger partial charge in [0.1, 0.15) is 6.04 Å². The molecule has 0 bridgehead atoms. The molecule has 2 saturated carbocycles. The van der Waals surface area contributed by atoms with Gasteiger partial charge in [0, 0.05) is 18.1 Å². The van der Waals surface area contributed by atoms with Crippen molar-refractivity contribution in [3.05, 3.63) is 0 Å². The normalized spacial score (nSPS) is 32.4. The summed E-state index contributed by atoms with van der Waals surface area (Å²) < 4.78 is 5.80. The van der Waals surface area contributed by atoms with Crippen molar-refractivity contribution < 1.29 is 14.6 Å². The van der Waals surface area contributed by atoms with E-state index < -0.39 is 12.0 Å². The quantitative estimate of drug-likeness (QED) is 0.770. The first kappa shape index (κ1) is 12.8. The SMILES string of the molecule is CCOC1CC(NC(C)C(=O)O)C12CCCC2. The molecule has 2 N–H and O–H groups in total. The molecule has 17 heavy (non-hydrogen) atoms. The predicted molar refractivity (Wildman–Crippen MR) is 65.0 cm³/mol. The van der Waals surface area contributed by atoms with Gasteiger partial charge in [0.15, 0.2) is 0 Å². The highest BCUT2D eigenvalue weighted by Gasteiger charge is 2.56. The van der Waals surface area contributed by atoms with E-state index in [-0.39, 0.29) is 5.41 Å². The van der Waals surface area contributed by atoms with Gasteiger partial charge in [-0.1, -0.05) is 12.8 Å². The van der Waals surface area contributed by atoms with Crippen molar-refractivity contribution in [1.82, 2.24) is 5.32 Å². The molecule has 0 aromatic heterocycles. The second-order valence-electron chi connectivity index (χ2n) is 5.40. The van der Waals surface area contributed by atoms with Crippen LogP contribution in [-0.4, -0.2) is 35.9 Å². The van der Waals surface area contributed by atoms with Crippen molar-refractivity contribution in [3.8, 4) is 0 Å². The van der Waals surface area contributed by atoms with Gasteiger partial charge in [0.05, 0.1) is 6.10 Å². The van der Waals surface area contributed by atoms with E-state index in [1.165, 1.54) is 25.7 Å². The fourth-order valence-corrected chi connectivity index (χ4v) is 3.49. The summed E-state index contributed by atoms with van der Waals surface area (Å²) in [6, 6.07) is -0.132. The molecule has 0 saturated heterocycles. The molecule has 2 fully saturated rings. The highest BCUT2D eigenvalue weighted by molar-refractivity contribution is 5.72. The van der Waals surface area contributed by atoms with Gasteiger partial charge in [-0.05, 0) is 33.1 Å². The average Bonchev–Trinajstić information content (AvgIpc) is 2.79. The van der Waals surface area contributed by atoms with Crippen molar-refractivity contribution in [2.24, 2.45) is 5.41 Å². The summed E-state index contributed by atoms with van der Waals surface area (Å²) in [4.78, 5) is 10.9. The molecule has 2 rings (SSSR count). The van der Waals surface area contributed by atoms with Gasteiger partial charge < -0.3 is 15.2 Å². The Bertz CT molecular complexity index is 286. The summed E-state index contributed by atoms with van der Waals surface area (Å²) in [6.07, 6.45) is 6.18. The van der Waals surface area contributed by atoms with Crippen LogP contribution in [-0.2, 0) is 9.53 Å². The molecule has 4 heteroatoms. The Labute approximate surface area is 103 Å². The summed E-state index contributed by atoms with van der Waals surface area (Å²) in [6.45, 7) is 4.51. The number of carboxylic acids is 1. The van der Waals surface area contributed by atoms with Crippen LogP contribution in [0.15, 0.2) is 0 Å². The smallest absolute Gasteiger partial charge is 0.320 e. The summed E-state index contributed by atoms with van der Waals surface area (Å²) >= 11 is 0. The molecule has 0 radical (unpaired) electrons. The molecule has 0 aliphatic heterocycles. The lowest BCUT2D eigenvalue weighted by Gasteiger charge is -2.54. The second kappa shape index (κ2) is 4.94. The predicted octanol–water partition coefficient (Wildman–Crippen LogP) is 1.79. The van der Waals surface area contributed by atoms with Crippen LogP contribution in [0.5, 0.6) is 0 Å². The maximum Gasteiger partial charge on any atom is 0.320 e. The van der Waals surface area contributed by atoms with Crippen molar-refractivity contribution in [2.45, 2.75) is 64.1 Å². The van der Waals surface area contributed by atoms with Crippen molar-refractivity contribution >= 4 is 5.97 Å². The molecule has 2 aliphatic carbocycles. The van der Waals surface area contributed by atoms with Crippen LogP contribution < -0.4 is 5.32 Å². The lowest BCUT2D eigenvalue weighted by Crippen LogP contribution is -2.64. The van der Waals surface area contributed by atoms with Crippen LogP contribution in [0.3, 0.4) is 0 Å². The molecule has 0 aromatic rings. The monoisotopic (exact) mass is 241 g/mol. The number of nitrogens with one attached hydrogen (secondary N) is 1. The molecule has 0 amide bonds. The van der Waals surface area contributed by atoms with E-state index >= 15 is 0 Å². The molecular weight excluding hydrogens is 218 g/mol. The number of hydrogen-bond acceptors (Lipinski definition) is 3. The summed E-state index contributed by atoms with van der Waals surface area (Å²) in [7, 11) is 0. The molecule has 3 atom stereocenters. The molecule has 4 nitrogen and oxygen atoms in total. The van der Waals surface area contributed by atoms with Crippen molar-refractivity contribution in [1.29, 1.82) is 0 Å². The minimum Gasteiger partial charge on any atom is -0.480 e. The van der Waals surface area contributed by atoms with Crippen LogP contribution in [0.25, 0.3) is 0 Å². The van der Waals surface area contributed by atoms with E-state index in [0.29, 0.717) is 12.1 Å². The number of ether oxygens (including phenoxy) is 1. The van der Waals surface area contributed by atoms with Gasteiger partial charge in [-0.15, -0.1) is 0 Å². The van der Waals surface area contributed by atoms with E-state index in [1.54, 1.807) is 6.92 Å². The third-order valence-corrected chi connectivity index (χ3v) is 4.51. The Morgan fingerprint density at radius 3 is 2.71 bits per heavy atom. The van der Waals surface area contributed by atoms with E-state index in [1.807, 2.05) is 6.92 Å². The van der Waals surface area contributed by atoms with Crippen LogP contribution in [0.2, 0.25) is 0 Å². The Balaban J connectivity index is 1.98. The zero-order chi connectivity index (χ0) is 12.5. The largest absolute Gasteiger partial charge is 0.480 e. The first-order chi connectivity index (χ1) is 8.10. The Kier molecular flexibility index (Phi) is 3.73. The lowest BCUT2D eigenvalue weighted by atomic mass is 9.60. The maximum absolute atomic E-state index is 10.9. The highest BCUT2D eigenvalue weighted by Crippen LogP contribution is 2.54. The lowest BCUT2D eigenvalue weighted by molar-refractivity contribution is -0.147. The molecule has 0 heterocycles. The third-order valence-electron chi connectivity index (χ3n) is 4.51. The molecule has 1 spiro atoms. The van der Waals surface area contributed by atoms with Crippen LogP contribution in [0.4, 0.5) is 0 Å². The second-order valence-corrected chi connectivity index (χ2v) is 5.40. The minimum atomic E-state index is -0.766. The van der Waals surface area contributed by atoms with Crippen LogP contribution in [0, 0.1) is 5.41 Å². The van der Waals surface area contributed by atoms with Gasteiger partial charge in [-0.3, -0.25) is 4.79 Å². The third kappa shape index (κ3) is 2.20. The van der Waals surface area contributed by atoms with Gasteiger partial charge in [-0.2, -0.15) is 0 Å². The Morgan fingerprint density at radius 2 is 2.18 bits per heavy atom. The first-order valence-electron chi connectivity index (χ1n) is 6.70. The van der Waals surface area contributed by atoms with E-state index in [2.05, 4.69) is 5.32 Å². The van der Waals surface area contributed by atoms with Crippen molar-refractivity contribution in [3.63, 3.8) is 0 Å². The Hall–Kier alpha value is -0.610. The molecule has 2 aliphatic rings. The van der Waals surface area contributed by atoms with E-state index in [9.17, 15) is 4.79 Å². The van der Waals surface area contributed by atoms with Gasteiger partial charge in [0.25, 0.3) is 0 Å². The topological polar surface area (TPSA) is 58.6 Å². The van der Waals surface area contributed by atoms with Gasteiger partial charge in [0.2, 0.25) is 0 Å². The molecule has 0 aromatic carbocycles. The zero-order valence-corrected chi connectivity index (χ0v) is 10.7. The maximum atomic E-state index is 10.9. The Morgan fingerprint density at radius 1 is 1.53 bits per heavy atom. The number of hydrogen-bond donors (Lipinski definition) is 2. The summed E-state index contributed by atoms with van der Waals surface area (Å²) in [5.41, 5.74) is 0.222.